The maximum atomic E-state index is 11.8. The lowest BCUT2D eigenvalue weighted by atomic mass is 9.87. The van der Waals surface area contributed by atoms with Crippen LogP contribution in [0.2, 0.25) is 0 Å². The third-order valence-electron chi connectivity index (χ3n) is 3.61. The van der Waals surface area contributed by atoms with Gasteiger partial charge in [0.15, 0.2) is 0 Å². The Bertz CT molecular complexity index is 306. The normalized spacial score (nSPS) is 27.5. The highest BCUT2D eigenvalue weighted by atomic mass is 16.4. The van der Waals surface area contributed by atoms with Gasteiger partial charge in [-0.15, -0.1) is 0 Å². The summed E-state index contributed by atoms with van der Waals surface area (Å²) < 4.78 is 0. The smallest absolute Gasteiger partial charge is 0.323 e. The molecule has 0 radical (unpaired) electrons. The van der Waals surface area contributed by atoms with Gasteiger partial charge in [0.05, 0.1) is 6.04 Å². The largest absolute Gasteiger partial charge is 0.480 e. The third-order valence-corrected chi connectivity index (χ3v) is 3.61. The van der Waals surface area contributed by atoms with Gasteiger partial charge in [0, 0.05) is 13.1 Å². The summed E-state index contributed by atoms with van der Waals surface area (Å²) in [5, 5.41) is 12.1. The Labute approximate surface area is 102 Å². The lowest BCUT2D eigenvalue weighted by molar-refractivity contribution is -0.156. The van der Waals surface area contributed by atoms with Crippen LogP contribution >= 0.6 is 0 Å². The van der Waals surface area contributed by atoms with Crippen molar-refractivity contribution in [3.8, 4) is 0 Å². The van der Waals surface area contributed by atoms with E-state index in [-0.39, 0.29) is 5.91 Å². The van der Waals surface area contributed by atoms with Gasteiger partial charge in [0.2, 0.25) is 5.91 Å². The van der Waals surface area contributed by atoms with Crippen LogP contribution in [0.25, 0.3) is 0 Å². The van der Waals surface area contributed by atoms with Crippen molar-refractivity contribution < 1.29 is 14.7 Å². The fourth-order valence-electron chi connectivity index (χ4n) is 2.46. The van der Waals surface area contributed by atoms with E-state index in [0.29, 0.717) is 19.5 Å². The molecule has 0 aromatic rings. The minimum atomic E-state index is -0.914. The van der Waals surface area contributed by atoms with Gasteiger partial charge in [0.1, 0.15) is 5.54 Å². The van der Waals surface area contributed by atoms with Crippen LogP contribution in [0.3, 0.4) is 0 Å². The summed E-state index contributed by atoms with van der Waals surface area (Å²) >= 11 is 0. The van der Waals surface area contributed by atoms with E-state index in [1.54, 1.807) is 13.8 Å². The molecule has 1 saturated heterocycles. The molecule has 1 heterocycles. The predicted octanol–water partition coefficient (Wildman–Crippen LogP) is 0.840. The average molecular weight is 242 g/mol. The zero-order chi connectivity index (χ0) is 13.1. The fourth-order valence-corrected chi connectivity index (χ4v) is 2.46. The summed E-state index contributed by atoms with van der Waals surface area (Å²) in [6.07, 6.45) is 2.46. The third kappa shape index (κ3) is 2.77. The van der Waals surface area contributed by atoms with E-state index in [0.717, 1.165) is 12.8 Å². The summed E-state index contributed by atoms with van der Waals surface area (Å²) in [7, 11) is 0. The summed E-state index contributed by atoms with van der Waals surface area (Å²) in [5.41, 5.74) is -0.914. The molecule has 0 aliphatic carbocycles. The lowest BCUT2D eigenvalue weighted by Gasteiger charge is -2.44. The Kier molecular flexibility index (Phi) is 4.51. The Morgan fingerprint density at radius 2 is 2.12 bits per heavy atom. The molecular formula is C12H22N2O3. The molecule has 5 nitrogen and oxygen atoms in total. The van der Waals surface area contributed by atoms with Gasteiger partial charge in [-0.2, -0.15) is 0 Å². The second-order valence-corrected chi connectivity index (χ2v) is 4.80. The molecule has 2 unspecified atom stereocenters. The summed E-state index contributed by atoms with van der Waals surface area (Å²) in [5.74, 6) is -0.935. The highest BCUT2D eigenvalue weighted by Gasteiger charge is 2.44. The van der Waals surface area contributed by atoms with Crippen LogP contribution in [0.5, 0.6) is 0 Å². The summed E-state index contributed by atoms with van der Waals surface area (Å²) in [6.45, 7) is 6.58. The standard InChI is InChI=1S/C12H22N2O3/c1-4-13-10(15)9(2)14-8-6-5-7-12(14,3)11(16)17/h9H,4-8H2,1-3H3,(H,13,15)(H,16,17). The minimum absolute atomic E-state index is 0.0955. The molecule has 1 aliphatic heterocycles. The average Bonchev–Trinajstić information content (AvgIpc) is 2.29. The number of piperidine rings is 1. The quantitative estimate of drug-likeness (QED) is 0.766. The van der Waals surface area contributed by atoms with E-state index >= 15 is 0 Å². The molecule has 2 N–H and O–H groups in total. The topological polar surface area (TPSA) is 69.6 Å². The van der Waals surface area contributed by atoms with Crippen LogP contribution in [0.1, 0.15) is 40.0 Å². The molecule has 0 aromatic carbocycles. The van der Waals surface area contributed by atoms with Gasteiger partial charge < -0.3 is 10.4 Å². The number of likely N-dealkylation sites (tertiary alicyclic amines) is 1. The van der Waals surface area contributed by atoms with Crippen molar-refractivity contribution in [2.24, 2.45) is 0 Å². The number of amides is 1. The van der Waals surface area contributed by atoms with E-state index in [9.17, 15) is 14.7 Å². The number of nitrogens with one attached hydrogen (secondary N) is 1. The van der Waals surface area contributed by atoms with Crippen molar-refractivity contribution in [2.75, 3.05) is 13.1 Å². The van der Waals surface area contributed by atoms with E-state index in [1.807, 2.05) is 11.8 Å². The maximum absolute atomic E-state index is 11.8. The molecular weight excluding hydrogens is 220 g/mol. The second-order valence-electron chi connectivity index (χ2n) is 4.80. The van der Waals surface area contributed by atoms with Crippen LogP contribution in [0, 0.1) is 0 Å². The molecule has 2 atom stereocenters. The first kappa shape index (κ1) is 14.0. The highest BCUT2D eigenvalue weighted by Crippen LogP contribution is 2.30. The van der Waals surface area contributed by atoms with Gasteiger partial charge >= 0.3 is 5.97 Å². The van der Waals surface area contributed by atoms with E-state index in [4.69, 9.17) is 0 Å². The Morgan fingerprint density at radius 3 is 2.65 bits per heavy atom. The van der Waals surface area contributed by atoms with Crippen molar-refractivity contribution >= 4 is 11.9 Å². The van der Waals surface area contributed by atoms with Gasteiger partial charge in [-0.1, -0.05) is 0 Å². The van der Waals surface area contributed by atoms with Gasteiger partial charge in [-0.3, -0.25) is 14.5 Å². The van der Waals surface area contributed by atoms with Gasteiger partial charge in [-0.05, 0) is 40.0 Å². The second kappa shape index (κ2) is 5.49. The molecule has 0 aromatic heterocycles. The van der Waals surface area contributed by atoms with Crippen molar-refractivity contribution in [2.45, 2.75) is 51.6 Å². The Hall–Kier alpha value is -1.10. The number of likely N-dealkylation sites (N-methyl/N-ethyl adjacent to an activating group) is 1. The molecule has 1 aliphatic rings. The molecule has 1 amide bonds. The number of aliphatic carboxylic acids is 1. The zero-order valence-electron chi connectivity index (χ0n) is 10.8. The number of carboxylic acids is 1. The number of nitrogens with zero attached hydrogens (tertiary/aromatic N) is 1. The highest BCUT2D eigenvalue weighted by molar-refractivity contribution is 5.84. The molecule has 1 fully saturated rings. The number of hydrogen-bond donors (Lipinski definition) is 2. The number of carbonyl (C=O) groups is 2. The number of rotatable bonds is 4. The van der Waals surface area contributed by atoms with Crippen molar-refractivity contribution in [1.29, 1.82) is 0 Å². The van der Waals surface area contributed by atoms with Crippen LogP contribution in [-0.4, -0.2) is 46.6 Å². The predicted molar refractivity (Wildman–Crippen MR) is 64.7 cm³/mol. The van der Waals surface area contributed by atoms with Gasteiger partial charge in [-0.25, -0.2) is 0 Å². The fraction of sp³-hybridized carbons (Fsp3) is 0.833. The van der Waals surface area contributed by atoms with Crippen LogP contribution in [0.15, 0.2) is 0 Å². The maximum Gasteiger partial charge on any atom is 0.323 e. The minimum Gasteiger partial charge on any atom is -0.480 e. The summed E-state index contributed by atoms with van der Waals surface area (Å²) in [6, 6.07) is -0.392. The van der Waals surface area contributed by atoms with E-state index in [1.165, 1.54) is 0 Å². The first-order valence-electron chi connectivity index (χ1n) is 6.21. The van der Waals surface area contributed by atoms with Crippen LogP contribution in [0.4, 0.5) is 0 Å². The van der Waals surface area contributed by atoms with Crippen LogP contribution < -0.4 is 5.32 Å². The Morgan fingerprint density at radius 1 is 1.47 bits per heavy atom. The SMILES string of the molecule is CCNC(=O)C(C)N1CCCCC1(C)C(=O)O. The zero-order valence-corrected chi connectivity index (χ0v) is 10.8. The number of carboxylic acid groups (broad SMARTS) is 1. The number of hydrogen-bond acceptors (Lipinski definition) is 3. The Balaban J connectivity index is 2.84. The molecule has 0 bridgehead atoms. The first-order chi connectivity index (χ1) is 7.93. The summed E-state index contributed by atoms with van der Waals surface area (Å²) in [4.78, 5) is 25.0. The van der Waals surface area contributed by atoms with Crippen LogP contribution in [-0.2, 0) is 9.59 Å². The lowest BCUT2D eigenvalue weighted by Crippen LogP contribution is -2.61. The van der Waals surface area contributed by atoms with E-state index in [2.05, 4.69) is 5.32 Å². The number of carbonyl (C=O) groups excluding carboxylic acids is 1. The molecule has 98 valence electrons. The monoisotopic (exact) mass is 242 g/mol. The van der Waals surface area contributed by atoms with Crippen molar-refractivity contribution in [1.82, 2.24) is 10.2 Å². The molecule has 0 saturated carbocycles. The first-order valence-corrected chi connectivity index (χ1v) is 6.21. The van der Waals surface area contributed by atoms with Crippen molar-refractivity contribution in [3.63, 3.8) is 0 Å². The molecule has 0 spiro atoms. The van der Waals surface area contributed by atoms with Crippen molar-refractivity contribution in [3.05, 3.63) is 0 Å². The molecule has 5 heteroatoms. The molecule has 17 heavy (non-hydrogen) atoms. The van der Waals surface area contributed by atoms with E-state index < -0.39 is 17.6 Å². The van der Waals surface area contributed by atoms with Gasteiger partial charge in [0.25, 0.3) is 0 Å². The molecule has 1 rings (SSSR count).